The summed E-state index contributed by atoms with van der Waals surface area (Å²) < 4.78 is 5.08. The molecule has 1 aliphatic carbocycles. The van der Waals surface area contributed by atoms with Crippen LogP contribution in [-0.2, 0) is 4.79 Å². The van der Waals surface area contributed by atoms with Gasteiger partial charge in [-0.3, -0.25) is 4.79 Å². The third kappa shape index (κ3) is 2.78. The van der Waals surface area contributed by atoms with Gasteiger partial charge in [-0.05, 0) is 53.9 Å². The Hall–Kier alpha value is -0.450. The van der Waals surface area contributed by atoms with Gasteiger partial charge in [0.1, 0.15) is 10.1 Å². The van der Waals surface area contributed by atoms with Crippen molar-refractivity contribution in [1.29, 1.82) is 0 Å². The molecule has 0 bridgehead atoms. The summed E-state index contributed by atoms with van der Waals surface area (Å²) in [6, 6.07) is 5.56. The van der Waals surface area contributed by atoms with E-state index in [2.05, 4.69) is 21.2 Å². The number of alkyl halides is 2. The topological polar surface area (TPSA) is 38.3 Å². The molecular formula is C14H16BrCl2NO2. The summed E-state index contributed by atoms with van der Waals surface area (Å²) in [6.07, 6.45) is 0.480. The monoisotopic (exact) mass is 379 g/mol. The van der Waals surface area contributed by atoms with Crippen LogP contribution in [0.4, 0.5) is 0 Å². The van der Waals surface area contributed by atoms with Gasteiger partial charge in [0.05, 0.1) is 23.0 Å². The number of rotatable bonds is 4. The largest absolute Gasteiger partial charge is 0.496 e. The molecule has 3 nitrogen and oxygen atoms in total. The van der Waals surface area contributed by atoms with Crippen molar-refractivity contribution in [2.24, 2.45) is 5.41 Å². The van der Waals surface area contributed by atoms with Gasteiger partial charge < -0.3 is 10.1 Å². The SMILES string of the molecule is COc1ccc(C(C)NC(=O)C2(C)CC2(Cl)Cl)cc1Br. The second kappa shape index (κ2) is 5.39. The highest BCUT2D eigenvalue weighted by molar-refractivity contribution is 9.10. The number of carbonyl (C=O) groups is 1. The number of benzene rings is 1. The summed E-state index contributed by atoms with van der Waals surface area (Å²) in [4.78, 5) is 12.2. The third-order valence-corrected chi connectivity index (χ3v) is 5.50. The van der Waals surface area contributed by atoms with Crippen LogP contribution in [0, 0.1) is 5.41 Å². The highest BCUT2D eigenvalue weighted by Gasteiger charge is 2.67. The summed E-state index contributed by atoms with van der Waals surface area (Å²) in [6.45, 7) is 3.70. The van der Waals surface area contributed by atoms with Gasteiger partial charge in [-0.1, -0.05) is 6.07 Å². The summed E-state index contributed by atoms with van der Waals surface area (Å²) in [5.74, 6) is 0.629. The molecule has 1 fully saturated rings. The maximum atomic E-state index is 12.2. The van der Waals surface area contributed by atoms with Crippen LogP contribution in [0.5, 0.6) is 5.75 Å². The average Bonchev–Trinajstić information content (AvgIpc) is 2.89. The Morgan fingerprint density at radius 1 is 1.50 bits per heavy atom. The van der Waals surface area contributed by atoms with Crippen LogP contribution in [0.1, 0.15) is 31.9 Å². The van der Waals surface area contributed by atoms with Gasteiger partial charge >= 0.3 is 0 Å². The zero-order valence-corrected chi connectivity index (χ0v) is 14.6. The van der Waals surface area contributed by atoms with Crippen LogP contribution >= 0.6 is 39.1 Å². The molecule has 1 N–H and O–H groups in total. The zero-order chi connectivity index (χ0) is 15.1. The van der Waals surface area contributed by atoms with Crippen LogP contribution < -0.4 is 10.1 Å². The van der Waals surface area contributed by atoms with Gasteiger partial charge in [-0.25, -0.2) is 0 Å². The molecule has 1 saturated carbocycles. The number of ether oxygens (including phenoxy) is 1. The Labute approximate surface area is 137 Å². The van der Waals surface area contributed by atoms with Crippen LogP contribution in [-0.4, -0.2) is 17.4 Å². The lowest BCUT2D eigenvalue weighted by Gasteiger charge is -2.19. The fourth-order valence-corrected chi connectivity index (χ4v) is 3.30. The van der Waals surface area contributed by atoms with E-state index in [0.29, 0.717) is 6.42 Å². The molecule has 2 unspecified atom stereocenters. The predicted molar refractivity (Wildman–Crippen MR) is 84.4 cm³/mol. The molecule has 1 aromatic rings. The van der Waals surface area contributed by atoms with E-state index in [1.165, 1.54) is 0 Å². The number of nitrogens with one attached hydrogen (secondary N) is 1. The molecule has 1 aliphatic rings. The maximum Gasteiger partial charge on any atom is 0.229 e. The summed E-state index contributed by atoms with van der Waals surface area (Å²) in [7, 11) is 1.61. The minimum atomic E-state index is -0.947. The molecule has 0 spiro atoms. The van der Waals surface area contributed by atoms with Crippen molar-refractivity contribution in [3.8, 4) is 5.75 Å². The minimum Gasteiger partial charge on any atom is -0.496 e. The van der Waals surface area contributed by atoms with Crippen molar-refractivity contribution in [2.75, 3.05) is 7.11 Å². The van der Waals surface area contributed by atoms with Gasteiger partial charge in [-0.2, -0.15) is 0 Å². The summed E-state index contributed by atoms with van der Waals surface area (Å²) in [5, 5.41) is 2.95. The first-order chi connectivity index (χ1) is 9.21. The fraction of sp³-hybridized carbons (Fsp3) is 0.500. The van der Waals surface area contributed by atoms with E-state index in [-0.39, 0.29) is 11.9 Å². The van der Waals surface area contributed by atoms with Crippen molar-refractivity contribution in [3.05, 3.63) is 28.2 Å². The number of halogens is 3. The number of methoxy groups -OCH3 is 1. The first-order valence-corrected chi connectivity index (χ1v) is 7.78. The van der Waals surface area contributed by atoms with E-state index in [4.69, 9.17) is 27.9 Å². The quantitative estimate of drug-likeness (QED) is 0.794. The van der Waals surface area contributed by atoms with Crippen molar-refractivity contribution in [1.82, 2.24) is 5.32 Å². The van der Waals surface area contributed by atoms with Gasteiger partial charge in [0, 0.05) is 0 Å². The second-order valence-corrected chi connectivity index (χ2v) is 7.64. The van der Waals surface area contributed by atoms with Crippen molar-refractivity contribution < 1.29 is 9.53 Å². The third-order valence-electron chi connectivity index (χ3n) is 3.78. The van der Waals surface area contributed by atoms with E-state index in [9.17, 15) is 4.79 Å². The Morgan fingerprint density at radius 3 is 2.55 bits per heavy atom. The molecule has 1 amide bonds. The normalized spacial score (nSPS) is 24.9. The molecule has 0 radical (unpaired) electrons. The van der Waals surface area contributed by atoms with Gasteiger partial charge in [0.2, 0.25) is 5.91 Å². The van der Waals surface area contributed by atoms with E-state index >= 15 is 0 Å². The number of hydrogen-bond acceptors (Lipinski definition) is 2. The molecular weight excluding hydrogens is 365 g/mol. The van der Waals surface area contributed by atoms with E-state index in [0.717, 1.165) is 15.8 Å². The molecule has 2 rings (SSSR count). The number of carbonyl (C=O) groups excluding carboxylic acids is 1. The first-order valence-electron chi connectivity index (χ1n) is 6.23. The molecule has 1 aromatic carbocycles. The van der Waals surface area contributed by atoms with Gasteiger partial charge in [0.25, 0.3) is 0 Å². The molecule has 0 saturated heterocycles. The minimum absolute atomic E-state index is 0.123. The maximum absolute atomic E-state index is 12.2. The van der Waals surface area contributed by atoms with Gasteiger partial charge in [-0.15, -0.1) is 23.2 Å². The van der Waals surface area contributed by atoms with Crippen LogP contribution in [0.3, 0.4) is 0 Å². The smallest absolute Gasteiger partial charge is 0.229 e. The lowest BCUT2D eigenvalue weighted by atomic mass is 10.1. The van der Waals surface area contributed by atoms with Crippen molar-refractivity contribution >= 4 is 45.0 Å². The highest BCUT2D eigenvalue weighted by atomic mass is 79.9. The van der Waals surface area contributed by atoms with E-state index < -0.39 is 9.75 Å². The molecule has 0 aromatic heterocycles. The molecule has 6 heteroatoms. The molecule has 0 heterocycles. The van der Waals surface area contributed by atoms with Crippen molar-refractivity contribution in [3.63, 3.8) is 0 Å². The lowest BCUT2D eigenvalue weighted by molar-refractivity contribution is -0.126. The van der Waals surface area contributed by atoms with Crippen LogP contribution in [0.15, 0.2) is 22.7 Å². The van der Waals surface area contributed by atoms with Gasteiger partial charge in [0.15, 0.2) is 0 Å². The lowest BCUT2D eigenvalue weighted by Crippen LogP contribution is -2.35. The zero-order valence-electron chi connectivity index (χ0n) is 11.5. The van der Waals surface area contributed by atoms with Crippen LogP contribution in [0.2, 0.25) is 0 Å². The average molecular weight is 381 g/mol. The molecule has 20 heavy (non-hydrogen) atoms. The first kappa shape index (κ1) is 15.9. The fourth-order valence-electron chi connectivity index (χ4n) is 2.04. The van der Waals surface area contributed by atoms with E-state index in [1.807, 2.05) is 25.1 Å². The summed E-state index contributed by atoms with van der Waals surface area (Å²) in [5.41, 5.74) is 0.277. The Bertz CT molecular complexity index is 550. The molecule has 0 aliphatic heterocycles. The Balaban J connectivity index is 2.07. The Kier molecular flexibility index (Phi) is 4.30. The Morgan fingerprint density at radius 2 is 2.10 bits per heavy atom. The summed E-state index contributed by atoms with van der Waals surface area (Å²) >= 11 is 15.5. The van der Waals surface area contributed by atoms with Crippen LogP contribution in [0.25, 0.3) is 0 Å². The standard InChI is InChI=1S/C14H16BrCl2NO2/c1-8(9-4-5-11(20-3)10(15)6-9)18-12(19)13(2)7-14(13,16)17/h4-6,8H,7H2,1-3H3,(H,18,19). The number of hydrogen-bond donors (Lipinski definition) is 1. The highest BCUT2D eigenvalue weighted by Crippen LogP contribution is 2.63. The second-order valence-electron chi connectivity index (χ2n) is 5.30. The molecule has 110 valence electrons. The predicted octanol–water partition coefficient (Wildman–Crippen LogP) is 4.22. The molecule has 2 atom stereocenters. The van der Waals surface area contributed by atoms with E-state index in [1.54, 1.807) is 14.0 Å². The van der Waals surface area contributed by atoms with Crippen molar-refractivity contribution in [2.45, 2.75) is 30.6 Å². The number of amides is 1.